The predicted octanol–water partition coefficient (Wildman–Crippen LogP) is 3.44. The van der Waals surface area contributed by atoms with Gasteiger partial charge in [-0.15, -0.1) is 11.3 Å². The number of rotatable bonds is 4. The molecule has 1 aromatic heterocycles. The van der Waals surface area contributed by atoms with Crippen LogP contribution in [0.2, 0.25) is 5.02 Å². The molecule has 1 aromatic carbocycles. The van der Waals surface area contributed by atoms with Gasteiger partial charge in [0.1, 0.15) is 5.75 Å². The third kappa shape index (κ3) is 3.88. The maximum Gasteiger partial charge on any atom is 0.283 e. The Hall–Kier alpha value is -1.63. The van der Waals surface area contributed by atoms with Gasteiger partial charge in [0.05, 0.1) is 25.3 Å². The Labute approximate surface area is 149 Å². The minimum Gasteiger partial charge on any atom is -0.496 e. The molecule has 0 N–H and O–H groups in total. The number of hydrogen-bond donors (Lipinski definition) is 0. The molecular formula is C17H19ClN2O3S. The number of nitrogens with zero attached hydrogens (tertiary/aromatic N) is 2. The molecule has 0 spiro atoms. The standard InChI is InChI=1S/C17H19ClN2O3S/c1-11-9-20(10-13-4-3-7-23-13)17(24-11)19-16(21)14-8-12(18)5-6-15(14)22-2/h5-6,8-9,13H,3-4,7,10H2,1-2H3. The quantitative estimate of drug-likeness (QED) is 0.832. The van der Waals surface area contributed by atoms with Gasteiger partial charge in [-0.25, -0.2) is 0 Å². The number of ether oxygens (including phenoxy) is 2. The van der Waals surface area contributed by atoms with Crippen molar-refractivity contribution in [3.63, 3.8) is 0 Å². The second-order valence-electron chi connectivity index (χ2n) is 5.67. The van der Waals surface area contributed by atoms with Crippen LogP contribution in [-0.2, 0) is 11.3 Å². The molecule has 2 heterocycles. The highest BCUT2D eigenvalue weighted by Crippen LogP contribution is 2.23. The summed E-state index contributed by atoms with van der Waals surface area (Å²) in [6.07, 6.45) is 4.32. The molecule has 0 saturated carbocycles. The van der Waals surface area contributed by atoms with Gasteiger partial charge in [-0.2, -0.15) is 4.99 Å². The molecule has 1 aliphatic rings. The Balaban J connectivity index is 1.93. The number of aromatic nitrogens is 1. The van der Waals surface area contributed by atoms with Crippen LogP contribution in [-0.4, -0.2) is 30.3 Å². The Morgan fingerprint density at radius 3 is 3.08 bits per heavy atom. The van der Waals surface area contributed by atoms with Gasteiger partial charge in [-0.1, -0.05) is 11.6 Å². The molecule has 1 saturated heterocycles. The van der Waals surface area contributed by atoms with Crippen LogP contribution in [0, 0.1) is 6.92 Å². The van der Waals surface area contributed by atoms with E-state index in [1.165, 1.54) is 18.4 Å². The summed E-state index contributed by atoms with van der Waals surface area (Å²) in [5.41, 5.74) is 0.361. The molecule has 2 aromatic rings. The lowest BCUT2D eigenvalue weighted by Gasteiger charge is -2.10. The highest BCUT2D eigenvalue weighted by molar-refractivity contribution is 7.09. The van der Waals surface area contributed by atoms with Gasteiger partial charge >= 0.3 is 0 Å². The van der Waals surface area contributed by atoms with Gasteiger partial charge in [0, 0.05) is 22.7 Å². The summed E-state index contributed by atoms with van der Waals surface area (Å²) in [5.74, 6) is 0.101. The van der Waals surface area contributed by atoms with Crippen molar-refractivity contribution in [2.75, 3.05) is 13.7 Å². The molecule has 1 fully saturated rings. The smallest absolute Gasteiger partial charge is 0.283 e. The molecule has 1 atom stereocenters. The lowest BCUT2D eigenvalue weighted by Crippen LogP contribution is -2.23. The summed E-state index contributed by atoms with van der Waals surface area (Å²) in [4.78, 5) is 18.6. The largest absolute Gasteiger partial charge is 0.496 e. The van der Waals surface area contributed by atoms with E-state index in [0.29, 0.717) is 27.7 Å². The van der Waals surface area contributed by atoms with E-state index in [0.717, 1.165) is 24.3 Å². The zero-order chi connectivity index (χ0) is 17.1. The second kappa shape index (κ2) is 7.51. The van der Waals surface area contributed by atoms with Crippen molar-refractivity contribution in [1.29, 1.82) is 0 Å². The van der Waals surface area contributed by atoms with Crippen molar-refractivity contribution in [1.82, 2.24) is 4.57 Å². The monoisotopic (exact) mass is 366 g/mol. The topological polar surface area (TPSA) is 52.8 Å². The number of carbonyl (C=O) groups is 1. The van der Waals surface area contributed by atoms with E-state index in [1.807, 2.05) is 17.7 Å². The average Bonchev–Trinajstić information content (AvgIpc) is 3.18. The van der Waals surface area contributed by atoms with Crippen LogP contribution >= 0.6 is 22.9 Å². The number of methoxy groups -OCH3 is 1. The third-order valence-corrected chi connectivity index (χ3v) is 5.02. The van der Waals surface area contributed by atoms with Gasteiger partial charge in [0.2, 0.25) is 0 Å². The van der Waals surface area contributed by atoms with E-state index in [2.05, 4.69) is 4.99 Å². The molecule has 7 heteroatoms. The molecule has 0 bridgehead atoms. The first-order valence-electron chi connectivity index (χ1n) is 7.78. The van der Waals surface area contributed by atoms with Crippen LogP contribution in [0.1, 0.15) is 28.1 Å². The summed E-state index contributed by atoms with van der Waals surface area (Å²) >= 11 is 7.49. The van der Waals surface area contributed by atoms with Crippen molar-refractivity contribution in [3.05, 3.63) is 44.7 Å². The highest BCUT2D eigenvalue weighted by atomic mass is 35.5. The van der Waals surface area contributed by atoms with Gasteiger partial charge in [-0.05, 0) is 38.0 Å². The van der Waals surface area contributed by atoms with Crippen molar-refractivity contribution in [3.8, 4) is 5.75 Å². The number of amides is 1. The van der Waals surface area contributed by atoms with Crippen LogP contribution < -0.4 is 9.54 Å². The Kier molecular flexibility index (Phi) is 5.38. The Morgan fingerprint density at radius 1 is 1.54 bits per heavy atom. The lowest BCUT2D eigenvalue weighted by atomic mass is 10.2. The first-order chi connectivity index (χ1) is 11.6. The van der Waals surface area contributed by atoms with Crippen molar-refractivity contribution < 1.29 is 14.3 Å². The van der Waals surface area contributed by atoms with Crippen molar-refractivity contribution >= 4 is 28.8 Å². The van der Waals surface area contributed by atoms with Gasteiger partial charge in [0.25, 0.3) is 5.91 Å². The van der Waals surface area contributed by atoms with Gasteiger partial charge in [0.15, 0.2) is 4.80 Å². The molecule has 0 aliphatic carbocycles. The van der Waals surface area contributed by atoms with E-state index in [9.17, 15) is 4.79 Å². The number of hydrogen-bond acceptors (Lipinski definition) is 4. The molecule has 1 unspecified atom stereocenters. The fourth-order valence-corrected chi connectivity index (χ4v) is 3.74. The van der Waals surface area contributed by atoms with Crippen molar-refractivity contribution in [2.24, 2.45) is 4.99 Å². The SMILES string of the molecule is COc1ccc(Cl)cc1C(=O)N=c1sc(C)cn1CC1CCCO1. The Bertz CT molecular complexity index is 806. The van der Waals surface area contributed by atoms with E-state index < -0.39 is 0 Å². The number of aryl methyl sites for hydroxylation is 1. The number of carbonyl (C=O) groups excluding carboxylic acids is 1. The van der Waals surface area contributed by atoms with E-state index >= 15 is 0 Å². The van der Waals surface area contributed by atoms with E-state index in [4.69, 9.17) is 21.1 Å². The Morgan fingerprint density at radius 2 is 2.38 bits per heavy atom. The summed E-state index contributed by atoms with van der Waals surface area (Å²) in [6, 6.07) is 4.94. The maximum atomic E-state index is 12.6. The van der Waals surface area contributed by atoms with Crippen LogP contribution in [0.3, 0.4) is 0 Å². The van der Waals surface area contributed by atoms with E-state index in [-0.39, 0.29) is 12.0 Å². The van der Waals surface area contributed by atoms with Crippen LogP contribution in [0.4, 0.5) is 0 Å². The summed E-state index contributed by atoms with van der Waals surface area (Å²) in [5, 5.41) is 0.476. The second-order valence-corrected chi connectivity index (χ2v) is 7.32. The molecular weight excluding hydrogens is 348 g/mol. The lowest BCUT2D eigenvalue weighted by molar-refractivity contribution is 0.0949. The molecule has 5 nitrogen and oxygen atoms in total. The molecule has 0 radical (unpaired) electrons. The van der Waals surface area contributed by atoms with Gasteiger partial charge < -0.3 is 14.0 Å². The number of thiazole rings is 1. The predicted molar refractivity (Wildman–Crippen MR) is 93.9 cm³/mol. The first kappa shape index (κ1) is 17.2. The van der Waals surface area contributed by atoms with Gasteiger partial charge in [-0.3, -0.25) is 4.79 Å². The fraction of sp³-hybridized carbons (Fsp3) is 0.412. The van der Waals surface area contributed by atoms with Crippen molar-refractivity contribution in [2.45, 2.75) is 32.4 Å². The van der Waals surface area contributed by atoms with E-state index in [1.54, 1.807) is 18.2 Å². The zero-order valence-electron chi connectivity index (χ0n) is 13.6. The molecule has 128 valence electrons. The summed E-state index contributed by atoms with van der Waals surface area (Å²) in [7, 11) is 1.52. The summed E-state index contributed by atoms with van der Waals surface area (Å²) in [6.45, 7) is 3.52. The minimum absolute atomic E-state index is 0.189. The highest BCUT2D eigenvalue weighted by Gasteiger charge is 2.18. The first-order valence-corrected chi connectivity index (χ1v) is 8.97. The van der Waals surface area contributed by atoms with Crippen LogP contribution in [0.15, 0.2) is 29.4 Å². The minimum atomic E-state index is -0.364. The third-order valence-electron chi connectivity index (χ3n) is 3.85. The molecule has 3 rings (SSSR count). The zero-order valence-corrected chi connectivity index (χ0v) is 15.2. The molecule has 1 amide bonds. The normalized spacial score (nSPS) is 18.1. The summed E-state index contributed by atoms with van der Waals surface area (Å²) < 4.78 is 12.9. The maximum absolute atomic E-state index is 12.6. The fourth-order valence-electron chi connectivity index (χ4n) is 2.72. The molecule has 1 aliphatic heterocycles. The number of benzene rings is 1. The number of halogens is 1. The van der Waals surface area contributed by atoms with Crippen LogP contribution in [0.5, 0.6) is 5.75 Å². The average molecular weight is 367 g/mol. The molecule has 24 heavy (non-hydrogen) atoms. The van der Waals surface area contributed by atoms with Crippen LogP contribution in [0.25, 0.3) is 0 Å².